The molecule has 1 heterocycles. The van der Waals surface area contributed by atoms with Crippen molar-refractivity contribution in [2.24, 2.45) is 5.41 Å². The number of rotatable bonds is 3. The molecule has 0 radical (unpaired) electrons. The fraction of sp³-hybridized carbons (Fsp3) is 0.562. The van der Waals surface area contributed by atoms with E-state index in [4.69, 9.17) is 9.47 Å². The zero-order chi connectivity index (χ0) is 14.3. The van der Waals surface area contributed by atoms with Crippen molar-refractivity contribution in [3.8, 4) is 0 Å². The fourth-order valence-corrected chi connectivity index (χ4v) is 2.86. The van der Waals surface area contributed by atoms with Crippen molar-refractivity contribution in [1.82, 2.24) is 0 Å². The average molecular weight is 262 g/mol. The van der Waals surface area contributed by atoms with Gasteiger partial charge in [-0.1, -0.05) is 23.8 Å². The SMILES string of the molecule is COC(=O)C(C)(C)C1(c2cc(C)ccc2C)COC1. The third kappa shape index (κ3) is 1.96. The van der Waals surface area contributed by atoms with Crippen LogP contribution in [0.25, 0.3) is 0 Å². The number of ether oxygens (including phenoxy) is 2. The van der Waals surface area contributed by atoms with Crippen molar-refractivity contribution in [2.75, 3.05) is 20.3 Å². The fourth-order valence-electron chi connectivity index (χ4n) is 2.86. The highest BCUT2D eigenvalue weighted by Crippen LogP contribution is 2.49. The molecule has 0 amide bonds. The van der Waals surface area contributed by atoms with Crippen LogP contribution in [0.3, 0.4) is 0 Å². The predicted octanol–water partition coefficient (Wildman–Crippen LogP) is 2.77. The van der Waals surface area contributed by atoms with Crippen molar-refractivity contribution >= 4 is 5.97 Å². The van der Waals surface area contributed by atoms with Crippen molar-refractivity contribution in [3.05, 3.63) is 34.9 Å². The van der Waals surface area contributed by atoms with E-state index < -0.39 is 5.41 Å². The molecule has 1 fully saturated rings. The van der Waals surface area contributed by atoms with Gasteiger partial charge in [0.25, 0.3) is 0 Å². The van der Waals surface area contributed by atoms with Crippen LogP contribution in [0.1, 0.15) is 30.5 Å². The molecular weight excluding hydrogens is 240 g/mol. The zero-order valence-electron chi connectivity index (χ0n) is 12.4. The van der Waals surface area contributed by atoms with Crippen LogP contribution in [0.15, 0.2) is 18.2 Å². The summed E-state index contributed by atoms with van der Waals surface area (Å²) in [5.41, 5.74) is 2.72. The third-order valence-electron chi connectivity index (χ3n) is 4.50. The van der Waals surface area contributed by atoms with Gasteiger partial charge in [0.05, 0.1) is 31.2 Å². The first kappa shape index (κ1) is 14.1. The first-order valence-corrected chi connectivity index (χ1v) is 6.59. The van der Waals surface area contributed by atoms with E-state index >= 15 is 0 Å². The summed E-state index contributed by atoms with van der Waals surface area (Å²) in [5, 5.41) is 0. The number of aryl methyl sites for hydroxylation is 2. The molecule has 0 saturated carbocycles. The van der Waals surface area contributed by atoms with E-state index in [9.17, 15) is 4.79 Å². The van der Waals surface area contributed by atoms with E-state index in [0.717, 1.165) is 0 Å². The van der Waals surface area contributed by atoms with E-state index in [1.807, 2.05) is 13.8 Å². The van der Waals surface area contributed by atoms with Gasteiger partial charge in [0.1, 0.15) is 0 Å². The van der Waals surface area contributed by atoms with Crippen LogP contribution in [0.4, 0.5) is 0 Å². The Hall–Kier alpha value is -1.35. The average Bonchev–Trinajstić information content (AvgIpc) is 2.30. The summed E-state index contributed by atoms with van der Waals surface area (Å²) in [6.45, 7) is 9.19. The summed E-state index contributed by atoms with van der Waals surface area (Å²) in [6.07, 6.45) is 0. The molecule has 1 saturated heterocycles. The smallest absolute Gasteiger partial charge is 0.312 e. The Morgan fingerprint density at radius 1 is 1.32 bits per heavy atom. The minimum Gasteiger partial charge on any atom is -0.469 e. The Kier molecular flexibility index (Phi) is 3.43. The van der Waals surface area contributed by atoms with Gasteiger partial charge >= 0.3 is 5.97 Å². The zero-order valence-corrected chi connectivity index (χ0v) is 12.4. The minimum atomic E-state index is -0.599. The van der Waals surface area contributed by atoms with Gasteiger partial charge in [-0.2, -0.15) is 0 Å². The number of carbonyl (C=O) groups is 1. The van der Waals surface area contributed by atoms with Gasteiger partial charge in [-0.3, -0.25) is 4.79 Å². The molecule has 1 aromatic rings. The van der Waals surface area contributed by atoms with Gasteiger partial charge in [0.2, 0.25) is 0 Å². The lowest BCUT2D eigenvalue weighted by atomic mass is 9.59. The number of benzene rings is 1. The summed E-state index contributed by atoms with van der Waals surface area (Å²) in [7, 11) is 1.44. The van der Waals surface area contributed by atoms with E-state index in [1.165, 1.54) is 23.8 Å². The summed E-state index contributed by atoms with van der Waals surface area (Å²) < 4.78 is 10.5. The summed E-state index contributed by atoms with van der Waals surface area (Å²) in [5.74, 6) is -0.184. The maximum atomic E-state index is 12.2. The largest absolute Gasteiger partial charge is 0.469 e. The molecule has 3 nitrogen and oxygen atoms in total. The molecule has 0 aliphatic carbocycles. The molecule has 0 aromatic heterocycles. The lowest BCUT2D eigenvalue weighted by molar-refractivity contribution is -0.174. The lowest BCUT2D eigenvalue weighted by Crippen LogP contribution is -2.60. The van der Waals surface area contributed by atoms with Gasteiger partial charge in [-0.15, -0.1) is 0 Å². The van der Waals surface area contributed by atoms with Gasteiger partial charge in [-0.25, -0.2) is 0 Å². The molecule has 0 spiro atoms. The van der Waals surface area contributed by atoms with E-state index in [0.29, 0.717) is 13.2 Å². The highest BCUT2D eigenvalue weighted by Gasteiger charge is 2.57. The molecular formula is C16H22O3. The third-order valence-corrected chi connectivity index (χ3v) is 4.50. The number of methoxy groups -OCH3 is 1. The second kappa shape index (κ2) is 4.64. The van der Waals surface area contributed by atoms with Crippen LogP contribution in [-0.4, -0.2) is 26.3 Å². The van der Waals surface area contributed by atoms with Gasteiger partial charge in [0.15, 0.2) is 0 Å². The number of esters is 1. The Balaban J connectivity index is 2.54. The van der Waals surface area contributed by atoms with E-state index in [1.54, 1.807) is 0 Å². The van der Waals surface area contributed by atoms with Crippen LogP contribution in [0.5, 0.6) is 0 Å². The van der Waals surface area contributed by atoms with Crippen molar-refractivity contribution in [2.45, 2.75) is 33.1 Å². The number of hydrogen-bond acceptors (Lipinski definition) is 3. The molecule has 0 unspecified atom stereocenters. The molecule has 1 aromatic carbocycles. The maximum absolute atomic E-state index is 12.2. The van der Waals surface area contributed by atoms with Crippen LogP contribution in [0.2, 0.25) is 0 Å². The lowest BCUT2D eigenvalue weighted by Gasteiger charge is -2.51. The molecule has 0 N–H and O–H groups in total. The highest BCUT2D eigenvalue weighted by molar-refractivity contribution is 5.79. The molecule has 3 heteroatoms. The number of carbonyl (C=O) groups excluding carboxylic acids is 1. The summed E-state index contributed by atoms with van der Waals surface area (Å²) in [4.78, 5) is 12.2. The standard InChI is InChI=1S/C16H22O3/c1-11-6-7-12(2)13(8-11)16(9-19-10-16)15(3,4)14(17)18-5/h6-8H,9-10H2,1-5H3. The van der Waals surface area contributed by atoms with Gasteiger partial charge in [-0.05, 0) is 38.8 Å². The summed E-state index contributed by atoms with van der Waals surface area (Å²) in [6, 6.07) is 6.37. The predicted molar refractivity (Wildman–Crippen MR) is 74.2 cm³/mol. The highest BCUT2D eigenvalue weighted by atomic mass is 16.5. The van der Waals surface area contributed by atoms with Crippen LogP contribution < -0.4 is 0 Å². The topological polar surface area (TPSA) is 35.5 Å². The van der Waals surface area contributed by atoms with E-state index in [2.05, 4.69) is 32.0 Å². The van der Waals surface area contributed by atoms with Crippen molar-refractivity contribution < 1.29 is 14.3 Å². The molecule has 104 valence electrons. The minimum absolute atomic E-state index is 0.184. The maximum Gasteiger partial charge on any atom is 0.312 e. The monoisotopic (exact) mass is 262 g/mol. The van der Waals surface area contributed by atoms with Gasteiger partial charge in [0, 0.05) is 0 Å². The van der Waals surface area contributed by atoms with Crippen molar-refractivity contribution in [3.63, 3.8) is 0 Å². The molecule has 1 aliphatic rings. The molecule has 1 aliphatic heterocycles. The molecule has 19 heavy (non-hydrogen) atoms. The number of hydrogen-bond donors (Lipinski definition) is 0. The molecule has 0 bridgehead atoms. The Morgan fingerprint density at radius 2 is 1.95 bits per heavy atom. The van der Waals surface area contributed by atoms with Crippen LogP contribution in [-0.2, 0) is 19.7 Å². The quantitative estimate of drug-likeness (QED) is 0.786. The second-order valence-electron chi connectivity index (χ2n) is 6.01. The van der Waals surface area contributed by atoms with E-state index in [-0.39, 0.29) is 11.4 Å². The normalized spacial score (nSPS) is 17.7. The summed E-state index contributed by atoms with van der Waals surface area (Å²) >= 11 is 0. The van der Waals surface area contributed by atoms with Crippen LogP contribution >= 0.6 is 0 Å². The van der Waals surface area contributed by atoms with Crippen molar-refractivity contribution in [1.29, 1.82) is 0 Å². The first-order chi connectivity index (χ1) is 8.85. The molecule has 0 atom stereocenters. The van der Waals surface area contributed by atoms with Crippen LogP contribution in [0, 0.1) is 19.3 Å². The Labute approximate surface area is 114 Å². The Bertz CT molecular complexity index is 499. The Morgan fingerprint density at radius 3 is 2.42 bits per heavy atom. The first-order valence-electron chi connectivity index (χ1n) is 6.59. The van der Waals surface area contributed by atoms with Gasteiger partial charge < -0.3 is 9.47 Å². The second-order valence-corrected chi connectivity index (χ2v) is 6.01. The molecule has 2 rings (SSSR count).